The number of carbonyl (C=O) groups is 1. The van der Waals surface area contributed by atoms with Crippen molar-refractivity contribution in [2.24, 2.45) is 0 Å². The summed E-state index contributed by atoms with van der Waals surface area (Å²) in [4.78, 5) is 23.1. The van der Waals surface area contributed by atoms with Crippen molar-refractivity contribution in [2.75, 3.05) is 18.4 Å². The van der Waals surface area contributed by atoms with Crippen molar-refractivity contribution in [1.82, 2.24) is 14.9 Å². The number of aryl methyl sites for hydroxylation is 1. The van der Waals surface area contributed by atoms with Gasteiger partial charge in [-0.3, -0.25) is 4.79 Å². The lowest BCUT2D eigenvalue weighted by Crippen LogP contribution is -2.31. The molecule has 5 nitrogen and oxygen atoms in total. The Bertz CT molecular complexity index is 746. The lowest BCUT2D eigenvalue weighted by Gasteiger charge is -2.23. The van der Waals surface area contributed by atoms with Gasteiger partial charge in [0.15, 0.2) is 0 Å². The molecule has 2 rings (SSSR count). The van der Waals surface area contributed by atoms with Crippen LogP contribution in [0.25, 0.3) is 0 Å². The van der Waals surface area contributed by atoms with Gasteiger partial charge in [0.2, 0.25) is 0 Å². The van der Waals surface area contributed by atoms with E-state index in [4.69, 9.17) is 0 Å². The average molecular weight is 340 g/mol. The SMILES string of the molecule is CCN(CC)C(=O)c1cc(Nc2ccccc2C(C)(C)C)nc(C)n1. The lowest BCUT2D eigenvalue weighted by molar-refractivity contribution is 0.0766. The Hall–Kier alpha value is -2.43. The minimum Gasteiger partial charge on any atom is -0.340 e. The molecule has 0 saturated carbocycles. The molecule has 0 aliphatic heterocycles. The molecule has 0 atom stereocenters. The summed E-state index contributed by atoms with van der Waals surface area (Å²) in [5.41, 5.74) is 2.62. The van der Waals surface area contributed by atoms with Gasteiger partial charge in [-0.1, -0.05) is 39.0 Å². The molecule has 1 amide bonds. The normalized spacial score (nSPS) is 11.3. The number of para-hydroxylation sites is 1. The maximum absolute atomic E-state index is 12.6. The molecule has 0 aliphatic carbocycles. The zero-order chi connectivity index (χ0) is 18.6. The third kappa shape index (κ3) is 4.56. The van der Waals surface area contributed by atoms with Crippen LogP contribution in [0.5, 0.6) is 0 Å². The molecule has 0 aliphatic rings. The number of aromatic nitrogens is 2. The van der Waals surface area contributed by atoms with Gasteiger partial charge in [0, 0.05) is 24.8 Å². The van der Waals surface area contributed by atoms with Gasteiger partial charge in [-0.2, -0.15) is 0 Å². The maximum atomic E-state index is 12.6. The van der Waals surface area contributed by atoms with E-state index in [2.05, 4.69) is 42.1 Å². The smallest absolute Gasteiger partial charge is 0.272 e. The molecule has 2 aromatic rings. The van der Waals surface area contributed by atoms with Gasteiger partial charge in [0.25, 0.3) is 5.91 Å². The summed E-state index contributed by atoms with van der Waals surface area (Å²) in [6.07, 6.45) is 0. The monoisotopic (exact) mass is 340 g/mol. The molecule has 0 saturated heterocycles. The number of carbonyl (C=O) groups excluding carboxylic acids is 1. The predicted molar refractivity (Wildman–Crippen MR) is 102 cm³/mol. The van der Waals surface area contributed by atoms with Gasteiger partial charge < -0.3 is 10.2 Å². The van der Waals surface area contributed by atoms with Crippen LogP contribution < -0.4 is 5.32 Å². The number of amides is 1. The van der Waals surface area contributed by atoms with Crippen LogP contribution in [-0.2, 0) is 5.41 Å². The molecular weight excluding hydrogens is 312 g/mol. The molecule has 0 unspecified atom stereocenters. The van der Waals surface area contributed by atoms with Crippen LogP contribution in [0.2, 0.25) is 0 Å². The topological polar surface area (TPSA) is 58.1 Å². The zero-order valence-corrected chi connectivity index (χ0v) is 16.1. The average Bonchev–Trinajstić information content (AvgIpc) is 2.55. The van der Waals surface area contributed by atoms with E-state index in [1.165, 1.54) is 5.56 Å². The molecule has 134 valence electrons. The van der Waals surface area contributed by atoms with Crippen LogP contribution in [0.3, 0.4) is 0 Å². The van der Waals surface area contributed by atoms with Crippen molar-refractivity contribution in [3.63, 3.8) is 0 Å². The van der Waals surface area contributed by atoms with Gasteiger partial charge in [-0.05, 0) is 37.8 Å². The predicted octanol–water partition coefficient (Wildman–Crippen LogP) is 4.31. The second-order valence-corrected chi connectivity index (χ2v) is 7.08. The summed E-state index contributed by atoms with van der Waals surface area (Å²) in [5, 5.41) is 3.37. The second-order valence-electron chi connectivity index (χ2n) is 7.08. The molecule has 1 aromatic carbocycles. The summed E-state index contributed by atoms with van der Waals surface area (Å²) in [6, 6.07) is 9.90. The molecule has 1 aromatic heterocycles. The first kappa shape index (κ1) is 18.9. The van der Waals surface area contributed by atoms with E-state index in [-0.39, 0.29) is 11.3 Å². The summed E-state index contributed by atoms with van der Waals surface area (Å²) in [7, 11) is 0. The highest BCUT2D eigenvalue weighted by atomic mass is 16.2. The molecule has 0 bridgehead atoms. The molecule has 25 heavy (non-hydrogen) atoms. The Kier molecular flexibility index (Phi) is 5.77. The van der Waals surface area contributed by atoms with Crippen molar-refractivity contribution < 1.29 is 4.79 Å². The van der Waals surface area contributed by atoms with Crippen molar-refractivity contribution in [3.8, 4) is 0 Å². The number of hydrogen-bond donors (Lipinski definition) is 1. The first-order chi connectivity index (χ1) is 11.8. The number of anilines is 2. The molecule has 0 fully saturated rings. The Labute approximate surface area is 150 Å². The highest BCUT2D eigenvalue weighted by molar-refractivity contribution is 5.93. The Morgan fingerprint density at radius 1 is 1.12 bits per heavy atom. The van der Waals surface area contributed by atoms with Crippen LogP contribution in [0.1, 0.15) is 56.5 Å². The molecule has 0 spiro atoms. The van der Waals surface area contributed by atoms with E-state index in [0.29, 0.717) is 30.4 Å². The highest BCUT2D eigenvalue weighted by Crippen LogP contribution is 2.31. The van der Waals surface area contributed by atoms with Crippen molar-refractivity contribution in [2.45, 2.75) is 47.0 Å². The van der Waals surface area contributed by atoms with Crippen LogP contribution >= 0.6 is 0 Å². The molecule has 1 heterocycles. The largest absolute Gasteiger partial charge is 0.340 e. The van der Waals surface area contributed by atoms with Gasteiger partial charge >= 0.3 is 0 Å². The standard InChI is InChI=1S/C20H28N4O/c1-7-24(8-2)19(25)17-13-18(22-14(3)21-17)23-16-12-10-9-11-15(16)20(4,5)6/h9-13H,7-8H2,1-6H3,(H,21,22,23). The van der Waals surface area contributed by atoms with Gasteiger partial charge in [-0.25, -0.2) is 9.97 Å². The molecular formula is C20H28N4O. The summed E-state index contributed by atoms with van der Waals surface area (Å²) in [5.74, 6) is 1.15. The number of nitrogens with zero attached hydrogens (tertiary/aromatic N) is 3. The summed E-state index contributed by atoms with van der Waals surface area (Å²) >= 11 is 0. The van der Waals surface area contributed by atoms with E-state index in [0.717, 1.165) is 5.69 Å². The highest BCUT2D eigenvalue weighted by Gasteiger charge is 2.19. The minimum atomic E-state index is -0.0670. The number of rotatable bonds is 5. The first-order valence-electron chi connectivity index (χ1n) is 8.77. The van der Waals surface area contributed by atoms with Crippen LogP contribution in [0.15, 0.2) is 30.3 Å². The van der Waals surface area contributed by atoms with E-state index in [1.54, 1.807) is 17.9 Å². The third-order valence-electron chi connectivity index (χ3n) is 4.11. The maximum Gasteiger partial charge on any atom is 0.272 e. The Balaban J connectivity index is 2.38. The van der Waals surface area contributed by atoms with E-state index in [9.17, 15) is 4.79 Å². The number of benzene rings is 1. The van der Waals surface area contributed by atoms with Crippen LogP contribution in [0.4, 0.5) is 11.5 Å². The zero-order valence-electron chi connectivity index (χ0n) is 16.1. The van der Waals surface area contributed by atoms with Crippen LogP contribution in [-0.4, -0.2) is 33.9 Å². The quantitative estimate of drug-likeness (QED) is 0.881. The fourth-order valence-corrected chi connectivity index (χ4v) is 2.80. The van der Waals surface area contributed by atoms with Crippen molar-refractivity contribution >= 4 is 17.4 Å². The van der Waals surface area contributed by atoms with Crippen LogP contribution in [0, 0.1) is 6.92 Å². The van der Waals surface area contributed by atoms with Crippen molar-refractivity contribution in [3.05, 3.63) is 47.4 Å². The fraction of sp³-hybridized carbons (Fsp3) is 0.450. The third-order valence-corrected chi connectivity index (χ3v) is 4.11. The van der Waals surface area contributed by atoms with E-state index >= 15 is 0 Å². The number of hydrogen-bond acceptors (Lipinski definition) is 4. The summed E-state index contributed by atoms with van der Waals surface area (Å²) in [6.45, 7) is 13.6. The molecule has 0 radical (unpaired) electrons. The lowest BCUT2D eigenvalue weighted by atomic mass is 9.86. The van der Waals surface area contributed by atoms with Gasteiger partial charge in [0.05, 0.1) is 0 Å². The summed E-state index contributed by atoms with van der Waals surface area (Å²) < 4.78 is 0. The van der Waals surface area contributed by atoms with E-state index in [1.807, 2.05) is 32.0 Å². The Morgan fingerprint density at radius 2 is 1.76 bits per heavy atom. The Morgan fingerprint density at radius 3 is 2.36 bits per heavy atom. The first-order valence-corrected chi connectivity index (χ1v) is 8.77. The van der Waals surface area contributed by atoms with Gasteiger partial charge in [0.1, 0.15) is 17.3 Å². The number of nitrogens with one attached hydrogen (secondary N) is 1. The van der Waals surface area contributed by atoms with E-state index < -0.39 is 0 Å². The fourth-order valence-electron chi connectivity index (χ4n) is 2.80. The second kappa shape index (κ2) is 7.64. The van der Waals surface area contributed by atoms with Crippen molar-refractivity contribution in [1.29, 1.82) is 0 Å². The molecule has 1 N–H and O–H groups in total. The van der Waals surface area contributed by atoms with Gasteiger partial charge in [-0.15, -0.1) is 0 Å². The minimum absolute atomic E-state index is 0.00549. The molecule has 5 heteroatoms.